The lowest BCUT2D eigenvalue weighted by Crippen LogP contribution is -2.37. The van der Waals surface area contributed by atoms with Gasteiger partial charge >= 0.3 is 6.18 Å². The highest BCUT2D eigenvalue weighted by atomic mass is 32.2. The lowest BCUT2D eigenvalue weighted by atomic mass is 10.1. The lowest BCUT2D eigenvalue weighted by molar-refractivity contribution is -0.137. The number of aromatic amines is 1. The normalized spacial score (nSPS) is 17.9. The van der Waals surface area contributed by atoms with Gasteiger partial charge in [-0.05, 0) is 24.1 Å². The molecule has 0 radical (unpaired) electrons. The van der Waals surface area contributed by atoms with E-state index in [-0.39, 0.29) is 36.8 Å². The van der Waals surface area contributed by atoms with E-state index in [1.807, 2.05) is 0 Å². The van der Waals surface area contributed by atoms with E-state index >= 15 is 0 Å². The van der Waals surface area contributed by atoms with E-state index in [0.717, 1.165) is 24.3 Å². The molecule has 2 heterocycles. The van der Waals surface area contributed by atoms with Crippen LogP contribution in [-0.4, -0.2) is 61.6 Å². The Balaban J connectivity index is 1.69. The maximum atomic E-state index is 12.7. The first-order valence-corrected chi connectivity index (χ1v) is 11.7. The summed E-state index contributed by atoms with van der Waals surface area (Å²) in [6.07, 6.45) is -1.78. The van der Waals surface area contributed by atoms with Crippen molar-refractivity contribution in [2.75, 3.05) is 26.2 Å². The lowest BCUT2D eigenvalue weighted by Gasteiger charge is -2.21. The monoisotopic (exact) mass is 452 g/mol. The van der Waals surface area contributed by atoms with Crippen LogP contribution < -0.4 is 0 Å². The quantitative estimate of drug-likeness (QED) is 0.743. The fraction of sp³-hybridized carbons (Fsp3) is 0.438. The van der Waals surface area contributed by atoms with E-state index in [0.29, 0.717) is 6.42 Å². The minimum Gasteiger partial charge on any atom is -0.335 e. The Morgan fingerprint density at radius 2 is 1.59 bits per heavy atom. The molecular weight excluding hydrogens is 433 g/mol. The van der Waals surface area contributed by atoms with E-state index < -0.39 is 37.5 Å². The van der Waals surface area contributed by atoms with Crippen LogP contribution in [0, 0.1) is 0 Å². The smallest absolute Gasteiger partial charge is 0.335 e. The number of sulfonamides is 2. The molecule has 160 valence electrons. The number of benzene rings is 1. The van der Waals surface area contributed by atoms with Gasteiger partial charge in [-0.25, -0.2) is 26.1 Å². The summed E-state index contributed by atoms with van der Waals surface area (Å²) in [6, 6.07) is 3.94. The number of nitrogens with one attached hydrogen (secondary N) is 1. The van der Waals surface area contributed by atoms with Crippen LogP contribution in [-0.2, 0) is 32.0 Å². The molecule has 8 nitrogen and oxygen atoms in total. The molecule has 0 amide bonds. The van der Waals surface area contributed by atoms with Gasteiger partial charge in [0.05, 0.1) is 23.8 Å². The zero-order valence-corrected chi connectivity index (χ0v) is 16.8. The van der Waals surface area contributed by atoms with Gasteiger partial charge in [-0.15, -0.1) is 0 Å². The van der Waals surface area contributed by atoms with Crippen molar-refractivity contribution in [3.63, 3.8) is 0 Å². The first-order chi connectivity index (χ1) is 13.5. The number of imidazole rings is 1. The number of H-pyrrole nitrogens is 1. The summed E-state index contributed by atoms with van der Waals surface area (Å²) in [5.41, 5.74) is -0.628. The average molecular weight is 452 g/mol. The molecule has 3 rings (SSSR count). The van der Waals surface area contributed by atoms with Crippen LogP contribution in [0.2, 0.25) is 0 Å². The van der Waals surface area contributed by atoms with Gasteiger partial charge in [0.1, 0.15) is 0 Å². The molecule has 1 aliphatic rings. The number of hydrogen-bond acceptors (Lipinski definition) is 5. The molecule has 0 saturated carbocycles. The highest BCUT2D eigenvalue weighted by Crippen LogP contribution is 2.29. The fourth-order valence-electron chi connectivity index (χ4n) is 3.00. The van der Waals surface area contributed by atoms with Gasteiger partial charge in [-0.2, -0.15) is 17.5 Å². The summed E-state index contributed by atoms with van der Waals surface area (Å²) in [5.74, 6) is -0.460. The van der Waals surface area contributed by atoms with E-state index in [2.05, 4.69) is 9.97 Å². The van der Waals surface area contributed by atoms with Crippen LogP contribution in [0.1, 0.15) is 17.5 Å². The van der Waals surface area contributed by atoms with Gasteiger partial charge in [0.25, 0.3) is 10.0 Å². The molecule has 0 bridgehead atoms. The highest BCUT2D eigenvalue weighted by molar-refractivity contribution is 7.89. The number of halogens is 3. The van der Waals surface area contributed by atoms with Gasteiger partial charge in [0.2, 0.25) is 10.0 Å². The maximum Gasteiger partial charge on any atom is 0.416 e. The van der Waals surface area contributed by atoms with Gasteiger partial charge in [-0.1, -0.05) is 12.1 Å². The molecule has 1 aromatic carbocycles. The number of alkyl halides is 3. The Bertz CT molecular complexity index is 1040. The van der Waals surface area contributed by atoms with Crippen molar-refractivity contribution in [1.82, 2.24) is 18.6 Å². The van der Waals surface area contributed by atoms with Crippen molar-refractivity contribution in [2.45, 2.75) is 23.4 Å². The number of hydrogen-bond donors (Lipinski definition) is 1. The molecule has 13 heteroatoms. The second kappa shape index (κ2) is 8.05. The maximum absolute atomic E-state index is 12.7. The third-order valence-electron chi connectivity index (χ3n) is 4.53. The Hall–Kier alpha value is -1.96. The van der Waals surface area contributed by atoms with Crippen molar-refractivity contribution < 1.29 is 30.0 Å². The summed E-state index contributed by atoms with van der Waals surface area (Å²) >= 11 is 0. The van der Waals surface area contributed by atoms with Crippen LogP contribution >= 0.6 is 0 Å². The van der Waals surface area contributed by atoms with Gasteiger partial charge in [0, 0.05) is 26.2 Å². The molecule has 0 aliphatic carbocycles. The van der Waals surface area contributed by atoms with E-state index in [9.17, 15) is 30.0 Å². The molecule has 1 aliphatic heterocycles. The summed E-state index contributed by atoms with van der Waals surface area (Å²) in [4.78, 5) is 6.22. The molecule has 1 fully saturated rings. The predicted octanol–water partition coefficient (Wildman–Crippen LogP) is 1.65. The Morgan fingerprint density at radius 3 is 2.17 bits per heavy atom. The van der Waals surface area contributed by atoms with Crippen molar-refractivity contribution >= 4 is 20.0 Å². The summed E-state index contributed by atoms with van der Waals surface area (Å²) in [5, 5.41) is -0.0708. The van der Waals surface area contributed by atoms with Crippen molar-refractivity contribution in [1.29, 1.82) is 0 Å². The topological polar surface area (TPSA) is 103 Å². The molecule has 2 aromatic rings. The SMILES string of the molecule is O=S(=O)(Cc1ccc(C(F)(F)F)cc1)N1CCCN(S(=O)(=O)c2cnc[nH]2)CC1. The summed E-state index contributed by atoms with van der Waals surface area (Å²) in [6.45, 7) is 0.190. The second-order valence-electron chi connectivity index (χ2n) is 6.52. The van der Waals surface area contributed by atoms with Crippen molar-refractivity contribution in [2.24, 2.45) is 0 Å². The molecular formula is C16H19F3N4O4S2. The highest BCUT2D eigenvalue weighted by Gasteiger charge is 2.32. The predicted molar refractivity (Wildman–Crippen MR) is 97.6 cm³/mol. The van der Waals surface area contributed by atoms with Crippen molar-refractivity contribution in [3.8, 4) is 0 Å². The van der Waals surface area contributed by atoms with Crippen LogP contribution in [0.4, 0.5) is 13.2 Å². The fourth-order valence-corrected chi connectivity index (χ4v) is 5.93. The number of aromatic nitrogens is 2. The first-order valence-electron chi connectivity index (χ1n) is 8.63. The van der Waals surface area contributed by atoms with Gasteiger partial charge in [-0.3, -0.25) is 0 Å². The third-order valence-corrected chi connectivity index (χ3v) is 8.20. The second-order valence-corrected chi connectivity index (χ2v) is 10.4. The number of nitrogens with zero attached hydrogens (tertiary/aromatic N) is 3. The van der Waals surface area contributed by atoms with Crippen LogP contribution in [0.5, 0.6) is 0 Å². The summed E-state index contributed by atoms with van der Waals surface area (Å²) in [7, 11) is -7.62. The van der Waals surface area contributed by atoms with E-state index in [1.165, 1.54) is 21.1 Å². The van der Waals surface area contributed by atoms with Gasteiger partial charge in [0.15, 0.2) is 5.03 Å². The molecule has 0 unspecified atom stereocenters. The van der Waals surface area contributed by atoms with Crippen LogP contribution in [0.15, 0.2) is 41.8 Å². The van der Waals surface area contributed by atoms with E-state index in [4.69, 9.17) is 0 Å². The van der Waals surface area contributed by atoms with Gasteiger partial charge < -0.3 is 4.98 Å². The summed E-state index contributed by atoms with van der Waals surface area (Å²) < 4.78 is 90.8. The zero-order chi connectivity index (χ0) is 21.3. The molecule has 0 atom stereocenters. The third kappa shape index (κ3) is 4.97. The number of rotatable bonds is 5. The largest absolute Gasteiger partial charge is 0.416 e. The molecule has 29 heavy (non-hydrogen) atoms. The Kier molecular flexibility index (Phi) is 6.03. The zero-order valence-electron chi connectivity index (χ0n) is 15.1. The standard InChI is InChI=1S/C16H19F3N4O4S2/c17-16(18,19)14-4-2-13(3-5-14)11-28(24,25)22-6-1-7-23(9-8-22)29(26,27)15-10-20-12-21-15/h2-5,10,12H,1,6-9,11H2,(H,20,21). The molecule has 0 spiro atoms. The van der Waals surface area contributed by atoms with Crippen molar-refractivity contribution in [3.05, 3.63) is 47.9 Å². The minimum atomic E-state index is -4.49. The van der Waals surface area contributed by atoms with Crippen LogP contribution in [0.25, 0.3) is 0 Å². The molecule has 1 saturated heterocycles. The molecule has 1 N–H and O–H groups in total. The Morgan fingerprint density at radius 1 is 0.966 bits per heavy atom. The minimum absolute atomic E-state index is 0.0341. The molecule has 1 aromatic heterocycles. The van der Waals surface area contributed by atoms with E-state index in [1.54, 1.807) is 0 Å². The van der Waals surface area contributed by atoms with Crippen LogP contribution in [0.3, 0.4) is 0 Å². The Labute approximate surface area is 166 Å². The average Bonchev–Trinajstić information content (AvgIpc) is 3.05. The first kappa shape index (κ1) is 21.7.